The van der Waals surface area contributed by atoms with Crippen molar-refractivity contribution in [1.29, 1.82) is 0 Å². The molecule has 0 aliphatic carbocycles. The number of aromatic nitrogens is 3. The average molecular weight is 438 g/mol. The van der Waals surface area contributed by atoms with Crippen molar-refractivity contribution in [3.8, 4) is 0 Å². The Balaban J connectivity index is 1.22. The first-order valence-corrected chi connectivity index (χ1v) is 11.8. The second-order valence-corrected chi connectivity index (χ2v) is 9.18. The number of H-pyrrole nitrogens is 1. The molecular weight excluding hydrogens is 406 g/mol. The van der Waals surface area contributed by atoms with Gasteiger partial charge in [-0.3, -0.25) is 19.5 Å². The fourth-order valence-corrected chi connectivity index (χ4v) is 5.14. The average Bonchev–Trinajstić information content (AvgIpc) is 2.85. The summed E-state index contributed by atoms with van der Waals surface area (Å²) in [5.74, 6) is 1.28. The number of rotatable bonds is 4. The van der Waals surface area contributed by atoms with Crippen molar-refractivity contribution in [2.24, 2.45) is 5.92 Å². The maximum absolute atomic E-state index is 12.9. The molecule has 0 saturated carbocycles. The third-order valence-electron chi connectivity index (χ3n) is 7.10. The number of carbonyl (C=O) groups is 1. The molecule has 0 atom stereocenters. The molecule has 1 amide bonds. The Morgan fingerprint density at radius 3 is 2.59 bits per heavy atom. The molecule has 0 spiro atoms. The van der Waals surface area contributed by atoms with E-state index in [4.69, 9.17) is 9.72 Å². The monoisotopic (exact) mass is 437 g/mol. The first-order chi connectivity index (χ1) is 15.7. The minimum Gasteiger partial charge on any atom is -0.381 e. The quantitative estimate of drug-likeness (QED) is 0.785. The Bertz CT molecular complexity index is 994. The normalized spacial score (nSPS) is 20.8. The fourth-order valence-electron chi connectivity index (χ4n) is 5.14. The van der Waals surface area contributed by atoms with Crippen molar-refractivity contribution >= 4 is 5.91 Å². The van der Waals surface area contributed by atoms with Gasteiger partial charge in [0.15, 0.2) is 0 Å². The largest absolute Gasteiger partial charge is 0.381 e. The lowest BCUT2D eigenvalue weighted by molar-refractivity contribution is -0.139. The number of pyridine rings is 1. The zero-order valence-corrected chi connectivity index (χ0v) is 18.5. The number of hydrogen-bond acceptors (Lipinski definition) is 6. The minimum absolute atomic E-state index is 0.0222. The minimum atomic E-state index is -0.0753. The molecular formula is C24H31N5O3. The van der Waals surface area contributed by atoms with Gasteiger partial charge in [0.05, 0.1) is 17.8 Å². The number of carbonyl (C=O) groups excluding carboxylic acids is 1. The summed E-state index contributed by atoms with van der Waals surface area (Å²) in [6, 6.07) is 4.12. The number of hydrogen-bond donors (Lipinski definition) is 1. The van der Waals surface area contributed by atoms with Crippen LogP contribution < -0.4 is 5.56 Å². The predicted octanol–water partition coefficient (Wildman–Crippen LogP) is 1.86. The Morgan fingerprint density at radius 1 is 1.09 bits per heavy atom. The maximum atomic E-state index is 12.9. The molecule has 2 aromatic heterocycles. The van der Waals surface area contributed by atoms with E-state index in [2.05, 4.69) is 27.0 Å². The van der Waals surface area contributed by atoms with Crippen molar-refractivity contribution < 1.29 is 9.53 Å². The van der Waals surface area contributed by atoms with Gasteiger partial charge in [0, 0.05) is 57.0 Å². The van der Waals surface area contributed by atoms with Crippen LogP contribution in [0.2, 0.25) is 0 Å². The lowest BCUT2D eigenvalue weighted by Crippen LogP contribution is -2.44. The first-order valence-electron chi connectivity index (χ1n) is 11.8. The van der Waals surface area contributed by atoms with Gasteiger partial charge in [-0.25, -0.2) is 4.98 Å². The Hall–Kier alpha value is -2.58. The molecule has 1 N–H and O–H groups in total. The van der Waals surface area contributed by atoms with Gasteiger partial charge in [0.25, 0.3) is 5.56 Å². The zero-order chi connectivity index (χ0) is 21.9. The van der Waals surface area contributed by atoms with E-state index in [1.807, 2.05) is 17.3 Å². The highest BCUT2D eigenvalue weighted by Crippen LogP contribution is 2.27. The van der Waals surface area contributed by atoms with Crippen LogP contribution in [0.1, 0.15) is 54.2 Å². The third-order valence-corrected chi connectivity index (χ3v) is 7.10. The van der Waals surface area contributed by atoms with Gasteiger partial charge in [0.2, 0.25) is 5.91 Å². The number of aromatic amines is 1. The summed E-state index contributed by atoms with van der Waals surface area (Å²) < 4.78 is 5.38. The van der Waals surface area contributed by atoms with Crippen molar-refractivity contribution in [3.05, 3.63) is 57.5 Å². The maximum Gasteiger partial charge on any atom is 0.256 e. The number of ether oxygens (including phenoxy) is 1. The van der Waals surface area contributed by atoms with Gasteiger partial charge in [0.1, 0.15) is 5.82 Å². The van der Waals surface area contributed by atoms with Gasteiger partial charge in [-0.1, -0.05) is 0 Å². The Morgan fingerprint density at radius 2 is 1.84 bits per heavy atom. The molecule has 8 nitrogen and oxygen atoms in total. The van der Waals surface area contributed by atoms with Crippen LogP contribution in [0.3, 0.4) is 0 Å². The van der Waals surface area contributed by atoms with Crippen LogP contribution in [0.4, 0.5) is 0 Å². The van der Waals surface area contributed by atoms with Gasteiger partial charge < -0.3 is 14.6 Å². The molecule has 0 unspecified atom stereocenters. The summed E-state index contributed by atoms with van der Waals surface area (Å²) >= 11 is 0. The fraction of sp³-hybridized carbons (Fsp3) is 0.583. The topological polar surface area (TPSA) is 91.4 Å². The van der Waals surface area contributed by atoms with Crippen LogP contribution in [0, 0.1) is 5.92 Å². The van der Waals surface area contributed by atoms with Crippen molar-refractivity contribution in [2.45, 2.75) is 51.1 Å². The highest BCUT2D eigenvalue weighted by Gasteiger charge is 2.31. The Labute approximate surface area is 188 Å². The molecule has 0 bridgehead atoms. The van der Waals surface area contributed by atoms with E-state index in [0.717, 1.165) is 56.8 Å². The highest BCUT2D eigenvalue weighted by atomic mass is 16.5. The number of fused-ring (bicyclic) bond motifs is 1. The van der Waals surface area contributed by atoms with Crippen LogP contribution in [0.5, 0.6) is 0 Å². The smallest absolute Gasteiger partial charge is 0.256 e. The molecule has 3 aliphatic heterocycles. The molecule has 5 rings (SSSR count). The van der Waals surface area contributed by atoms with E-state index in [-0.39, 0.29) is 23.3 Å². The zero-order valence-electron chi connectivity index (χ0n) is 18.5. The van der Waals surface area contributed by atoms with Gasteiger partial charge >= 0.3 is 0 Å². The summed E-state index contributed by atoms with van der Waals surface area (Å²) in [7, 11) is 0. The van der Waals surface area contributed by atoms with E-state index in [0.29, 0.717) is 38.3 Å². The van der Waals surface area contributed by atoms with Crippen LogP contribution in [-0.4, -0.2) is 63.5 Å². The molecule has 0 aromatic carbocycles. The summed E-state index contributed by atoms with van der Waals surface area (Å²) in [6.07, 6.45) is 7.85. The van der Waals surface area contributed by atoms with Crippen LogP contribution >= 0.6 is 0 Å². The second-order valence-electron chi connectivity index (χ2n) is 9.18. The lowest BCUT2D eigenvalue weighted by Gasteiger charge is -2.33. The summed E-state index contributed by atoms with van der Waals surface area (Å²) in [4.78, 5) is 42.1. The third kappa shape index (κ3) is 4.61. The van der Waals surface area contributed by atoms with E-state index in [9.17, 15) is 9.59 Å². The Kier molecular flexibility index (Phi) is 6.32. The van der Waals surface area contributed by atoms with Gasteiger partial charge in [-0.05, 0) is 56.5 Å². The number of likely N-dealkylation sites (tertiary alicyclic amines) is 1. The van der Waals surface area contributed by atoms with E-state index >= 15 is 0 Å². The summed E-state index contributed by atoms with van der Waals surface area (Å²) in [5, 5.41) is 0. The summed E-state index contributed by atoms with van der Waals surface area (Å²) in [6.45, 7) is 5.21. The number of nitrogens with zero attached hydrogens (tertiary/aromatic N) is 4. The van der Waals surface area contributed by atoms with Crippen LogP contribution in [0.15, 0.2) is 29.3 Å². The van der Waals surface area contributed by atoms with E-state index in [1.165, 1.54) is 5.56 Å². The molecule has 5 heterocycles. The molecule has 8 heteroatoms. The molecule has 3 aliphatic rings. The number of nitrogens with one attached hydrogen (secondary N) is 1. The molecule has 32 heavy (non-hydrogen) atoms. The second kappa shape index (κ2) is 9.50. The number of piperidine rings is 1. The molecule has 2 saturated heterocycles. The SMILES string of the molecule is O=C(C1CCOCC1)N1CCc2nc(C3CCN(Cc4ccncc4)CC3)[nH]c(=O)c2C1. The lowest BCUT2D eigenvalue weighted by atomic mass is 9.94. The predicted molar refractivity (Wildman–Crippen MR) is 119 cm³/mol. The van der Waals surface area contributed by atoms with E-state index < -0.39 is 0 Å². The van der Waals surface area contributed by atoms with Gasteiger partial charge in [-0.2, -0.15) is 0 Å². The number of amides is 1. The van der Waals surface area contributed by atoms with E-state index in [1.54, 1.807) is 0 Å². The van der Waals surface area contributed by atoms with Crippen molar-refractivity contribution in [2.75, 3.05) is 32.8 Å². The van der Waals surface area contributed by atoms with Gasteiger partial charge in [-0.15, -0.1) is 0 Å². The standard InChI is InChI=1S/C24H31N5O3/c30-23-20-16-29(24(31)19-6-13-32-14-7-19)12-5-21(20)26-22(27-23)18-3-10-28(11-4-18)15-17-1-8-25-9-2-17/h1-2,8-9,18-19H,3-7,10-16H2,(H,26,27,30). The molecule has 2 aromatic rings. The van der Waals surface area contributed by atoms with Crippen LogP contribution in [-0.2, 0) is 29.0 Å². The molecule has 2 fully saturated rings. The molecule has 0 radical (unpaired) electrons. The van der Waals surface area contributed by atoms with Crippen molar-refractivity contribution in [3.63, 3.8) is 0 Å². The molecule has 170 valence electrons. The summed E-state index contributed by atoms with van der Waals surface area (Å²) in [5.41, 5.74) is 2.74. The van der Waals surface area contributed by atoms with Crippen molar-refractivity contribution in [1.82, 2.24) is 24.8 Å². The first kappa shape index (κ1) is 21.3. The highest BCUT2D eigenvalue weighted by molar-refractivity contribution is 5.79. The van der Waals surface area contributed by atoms with Crippen LogP contribution in [0.25, 0.3) is 0 Å².